The van der Waals surface area contributed by atoms with Gasteiger partial charge in [0.2, 0.25) is 5.91 Å². The van der Waals surface area contributed by atoms with Crippen molar-refractivity contribution < 1.29 is 23.9 Å². The number of anilines is 1. The van der Waals surface area contributed by atoms with Gasteiger partial charge >= 0.3 is 0 Å². The van der Waals surface area contributed by atoms with Gasteiger partial charge in [0.25, 0.3) is 11.7 Å². The molecule has 1 aromatic heterocycles. The number of carbonyl (C=O) groups excluding carboxylic acids is 4. The second kappa shape index (κ2) is 10.6. The highest BCUT2D eigenvalue weighted by Gasteiger charge is 2.29. The molecule has 2 saturated heterocycles. The molecule has 2 amide bonds. The number of nitrogens with zero attached hydrogens (tertiary/aromatic N) is 4. The van der Waals surface area contributed by atoms with E-state index in [4.69, 9.17) is 4.74 Å². The molecule has 2 aromatic carbocycles. The molecule has 3 aromatic rings. The van der Waals surface area contributed by atoms with Gasteiger partial charge in [0.1, 0.15) is 6.54 Å². The predicted molar refractivity (Wildman–Crippen MR) is 139 cm³/mol. The predicted octanol–water partition coefficient (Wildman–Crippen LogP) is 2.23. The summed E-state index contributed by atoms with van der Waals surface area (Å²) in [6.07, 6.45) is 1.63. The maximum Gasteiger partial charge on any atom is 0.295 e. The molecule has 0 bridgehead atoms. The summed E-state index contributed by atoms with van der Waals surface area (Å²) in [4.78, 5) is 56.4. The molecule has 0 spiro atoms. The smallest absolute Gasteiger partial charge is 0.295 e. The monoisotopic (exact) mass is 502 g/mol. The third kappa shape index (κ3) is 5.13. The standard InChI is InChI=1S/C28H30N4O5/c1-20(33)21-6-8-22(9-7-21)29-10-12-31(13-11-29)28(36)27(35)24-18-32(25-5-3-2-4-23(24)25)19-26(34)30-14-16-37-17-15-30/h2-9,18H,10-17,19H2,1H3. The summed E-state index contributed by atoms with van der Waals surface area (Å²) in [6, 6.07) is 14.8. The number of para-hydroxylation sites is 1. The molecule has 37 heavy (non-hydrogen) atoms. The summed E-state index contributed by atoms with van der Waals surface area (Å²) in [6.45, 7) is 5.81. The number of rotatable bonds is 6. The summed E-state index contributed by atoms with van der Waals surface area (Å²) in [7, 11) is 0. The molecule has 2 aliphatic heterocycles. The average Bonchev–Trinajstić information content (AvgIpc) is 3.31. The van der Waals surface area contributed by atoms with Crippen LogP contribution in [0.15, 0.2) is 54.7 Å². The Labute approximate surface area is 215 Å². The number of fused-ring (bicyclic) bond motifs is 1. The lowest BCUT2D eigenvalue weighted by molar-refractivity contribution is -0.135. The topological polar surface area (TPSA) is 92.2 Å². The van der Waals surface area contributed by atoms with Gasteiger partial charge in [0.15, 0.2) is 5.78 Å². The van der Waals surface area contributed by atoms with Crippen LogP contribution < -0.4 is 4.90 Å². The minimum atomic E-state index is -0.562. The second-order valence-corrected chi connectivity index (χ2v) is 9.39. The van der Waals surface area contributed by atoms with Crippen LogP contribution in [0.4, 0.5) is 5.69 Å². The summed E-state index contributed by atoms with van der Waals surface area (Å²) >= 11 is 0. The number of hydrogen-bond donors (Lipinski definition) is 0. The van der Waals surface area contributed by atoms with Crippen molar-refractivity contribution in [1.29, 1.82) is 0 Å². The van der Waals surface area contributed by atoms with Crippen molar-refractivity contribution in [2.24, 2.45) is 0 Å². The van der Waals surface area contributed by atoms with E-state index in [0.29, 0.717) is 69.0 Å². The number of Topliss-reactive ketones (excluding diaryl/α,β-unsaturated/α-hetero) is 2. The number of aromatic nitrogens is 1. The normalized spacial score (nSPS) is 16.2. The first-order valence-corrected chi connectivity index (χ1v) is 12.6. The van der Waals surface area contributed by atoms with Crippen molar-refractivity contribution in [3.63, 3.8) is 0 Å². The maximum atomic E-state index is 13.3. The third-order valence-corrected chi connectivity index (χ3v) is 7.10. The molecule has 0 unspecified atom stereocenters. The molecule has 2 fully saturated rings. The number of ether oxygens (including phenoxy) is 1. The van der Waals surface area contributed by atoms with E-state index in [9.17, 15) is 19.2 Å². The first-order chi connectivity index (χ1) is 17.9. The fraction of sp³-hybridized carbons (Fsp3) is 0.357. The van der Waals surface area contributed by atoms with Gasteiger partial charge in [-0.25, -0.2) is 0 Å². The molecule has 2 aliphatic rings. The van der Waals surface area contributed by atoms with Crippen LogP contribution in [0.25, 0.3) is 10.9 Å². The van der Waals surface area contributed by atoms with Gasteiger partial charge in [-0.05, 0) is 37.3 Å². The highest BCUT2D eigenvalue weighted by atomic mass is 16.5. The molecule has 3 heterocycles. The van der Waals surface area contributed by atoms with E-state index in [1.807, 2.05) is 36.4 Å². The number of morpholine rings is 1. The molecule has 9 nitrogen and oxygen atoms in total. The van der Waals surface area contributed by atoms with E-state index < -0.39 is 11.7 Å². The zero-order valence-corrected chi connectivity index (χ0v) is 20.9. The van der Waals surface area contributed by atoms with E-state index in [0.717, 1.165) is 11.2 Å². The fourth-order valence-electron chi connectivity index (χ4n) is 4.95. The molecule has 0 atom stereocenters. The zero-order valence-electron chi connectivity index (χ0n) is 20.9. The number of piperazine rings is 1. The lowest BCUT2D eigenvalue weighted by atomic mass is 10.1. The quantitative estimate of drug-likeness (QED) is 0.379. The Morgan fingerprint density at radius 2 is 1.49 bits per heavy atom. The molecular weight excluding hydrogens is 472 g/mol. The Morgan fingerprint density at radius 3 is 2.16 bits per heavy atom. The van der Waals surface area contributed by atoms with Crippen molar-refractivity contribution in [3.05, 3.63) is 65.9 Å². The van der Waals surface area contributed by atoms with E-state index in [1.54, 1.807) is 32.7 Å². The van der Waals surface area contributed by atoms with Gasteiger partial charge < -0.3 is 24.0 Å². The van der Waals surface area contributed by atoms with E-state index in [2.05, 4.69) is 4.90 Å². The van der Waals surface area contributed by atoms with Gasteiger partial charge in [-0.15, -0.1) is 0 Å². The van der Waals surface area contributed by atoms with E-state index >= 15 is 0 Å². The minimum Gasteiger partial charge on any atom is -0.378 e. The van der Waals surface area contributed by atoms with Gasteiger partial charge in [0.05, 0.1) is 18.8 Å². The molecule has 0 saturated carbocycles. The number of carbonyl (C=O) groups is 4. The van der Waals surface area contributed by atoms with Crippen molar-refractivity contribution in [2.75, 3.05) is 57.4 Å². The van der Waals surface area contributed by atoms with Crippen molar-refractivity contribution in [1.82, 2.24) is 14.4 Å². The van der Waals surface area contributed by atoms with Gasteiger partial charge in [0, 0.05) is 67.6 Å². The number of hydrogen-bond acceptors (Lipinski definition) is 6. The Bertz CT molecular complexity index is 1330. The minimum absolute atomic E-state index is 0.0206. The SMILES string of the molecule is CC(=O)c1ccc(N2CCN(C(=O)C(=O)c3cn(CC(=O)N4CCOCC4)c4ccccc34)CC2)cc1. The largest absolute Gasteiger partial charge is 0.378 e. The third-order valence-electron chi connectivity index (χ3n) is 7.10. The Balaban J connectivity index is 1.28. The molecule has 0 radical (unpaired) electrons. The Morgan fingerprint density at radius 1 is 0.811 bits per heavy atom. The molecular formula is C28H30N4O5. The van der Waals surface area contributed by atoms with Crippen molar-refractivity contribution in [3.8, 4) is 0 Å². The van der Waals surface area contributed by atoms with Crippen LogP contribution in [-0.2, 0) is 20.9 Å². The number of ketones is 2. The number of benzene rings is 2. The molecule has 5 rings (SSSR count). The first kappa shape index (κ1) is 24.7. The molecule has 0 N–H and O–H groups in total. The molecule has 192 valence electrons. The van der Waals surface area contributed by atoms with Crippen LogP contribution in [0, 0.1) is 0 Å². The fourth-order valence-corrected chi connectivity index (χ4v) is 4.95. The van der Waals surface area contributed by atoms with Crippen LogP contribution in [-0.4, -0.2) is 90.2 Å². The maximum absolute atomic E-state index is 13.3. The Kier molecular flexibility index (Phi) is 7.05. The van der Waals surface area contributed by atoms with Crippen LogP contribution in [0.2, 0.25) is 0 Å². The van der Waals surface area contributed by atoms with Crippen LogP contribution in [0.3, 0.4) is 0 Å². The highest BCUT2D eigenvalue weighted by Crippen LogP contribution is 2.24. The molecule has 0 aliphatic carbocycles. The van der Waals surface area contributed by atoms with Gasteiger partial charge in [-0.2, -0.15) is 0 Å². The summed E-state index contributed by atoms with van der Waals surface area (Å²) in [5, 5.41) is 0.667. The second-order valence-electron chi connectivity index (χ2n) is 9.39. The zero-order chi connectivity index (χ0) is 25.9. The van der Waals surface area contributed by atoms with Crippen LogP contribution in [0.1, 0.15) is 27.6 Å². The van der Waals surface area contributed by atoms with Gasteiger partial charge in [-0.1, -0.05) is 18.2 Å². The summed E-state index contributed by atoms with van der Waals surface area (Å²) in [5.41, 5.74) is 2.71. The lowest BCUT2D eigenvalue weighted by Gasteiger charge is -2.35. The average molecular weight is 503 g/mol. The van der Waals surface area contributed by atoms with Gasteiger partial charge in [-0.3, -0.25) is 19.2 Å². The van der Waals surface area contributed by atoms with E-state index in [-0.39, 0.29) is 18.2 Å². The highest BCUT2D eigenvalue weighted by molar-refractivity contribution is 6.45. The van der Waals surface area contributed by atoms with Crippen LogP contribution >= 0.6 is 0 Å². The summed E-state index contributed by atoms with van der Waals surface area (Å²) < 4.78 is 7.09. The number of amides is 2. The Hall–Kier alpha value is -3.98. The van der Waals surface area contributed by atoms with Crippen LogP contribution in [0.5, 0.6) is 0 Å². The summed E-state index contributed by atoms with van der Waals surface area (Å²) in [5.74, 6) is -1.11. The van der Waals surface area contributed by atoms with Crippen molar-refractivity contribution >= 4 is 40.0 Å². The molecule has 9 heteroatoms. The first-order valence-electron chi connectivity index (χ1n) is 12.6. The lowest BCUT2D eigenvalue weighted by Crippen LogP contribution is -2.50. The van der Waals surface area contributed by atoms with Crippen molar-refractivity contribution in [2.45, 2.75) is 13.5 Å². The van der Waals surface area contributed by atoms with E-state index in [1.165, 1.54) is 6.92 Å².